The van der Waals surface area contributed by atoms with Crippen LogP contribution < -0.4 is 11.0 Å². The first-order valence-electron chi connectivity index (χ1n) is 12.5. The number of aryl methyl sites for hydroxylation is 1. The summed E-state index contributed by atoms with van der Waals surface area (Å²) in [5.74, 6) is 0.202. The van der Waals surface area contributed by atoms with Gasteiger partial charge in [-0.1, -0.05) is 65.0 Å². The molecule has 188 valence electrons. The molecule has 1 amide bonds. The highest BCUT2D eigenvalue weighted by atomic mass is 16.5. The monoisotopic (exact) mass is 478 g/mol. The van der Waals surface area contributed by atoms with Gasteiger partial charge in [-0.15, -0.1) is 0 Å². The topological polar surface area (TPSA) is 78.2 Å². The molecule has 7 nitrogen and oxygen atoms in total. The number of rotatable bonds is 5. The molecule has 0 saturated heterocycles. The summed E-state index contributed by atoms with van der Waals surface area (Å²) in [5.41, 5.74) is 3.42. The van der Waals surface area contributed by atoms with Crippen LogP contribution in [-0.4, -0.2) is 26.3 Å². The van der Waals surface area contributed by atoms with Crippen LogP contribution in [0.2, 0.25) is 0 Å². The van der Waals surface area contributed by atoms with Crippen molar-refractivity contribution in [1.29, 1.82) is 0 Å². The zero-order valence-electron chi connectivity index (χ0n) is 21.8. The van der Waals surface area contributed by atoms with E-state index >= 15 is 0 Å². The Balaban J connectivity index is 1.51. The summed E-state index contributed by atoms with van der Waals surface area (Å²) in [4.78, 5) is 30.4. The second kappa shape index (κ2) is 9.51. The van der Waals surface area contributed by atoms with E-state index in [0.717, 1.165) is 36.0 Å². The molecule has 1 aliphatic rings. The van der Waals surface area contributed by atoms with Gasteiger partial charge in [0.25, 0.3) is 0 Å². The lowest BCUT2D eigenvalue weighted by molar-refractivity contribution is 0.106. The van der Waals surface area contributed by atoms with Crippen molar-refractivity contribution in [1.82, 2.24) is 19.4 Å². The molecule has 2 atom stereocenters. The highest BCUT2D eigenvalue weighted by molar-refractivity contribution is 5.72. The lowest BCUT2D eigenvalue weighted by atomic mass is 9.68. The number of hydrogen-bond acceptors (Lipinski definition) is 4. The number of fused-ring (bicyclic) bond motifs is 1. The van der Waals surface area contributed by atoms with E-state index in [-0.39, 0.29) is 35.1 Å². The minimum absolute atomic E-state index is 0.0141. The van der Waals surface area contributed by atoms with E-state index in [4.69, 9.17) is 9.72 Å². The van der Waals surface area contributed by atoms with Crippen molar-refractivity contribution in [2.75, 3.05) is 0 Å². The lowest BCUT2D eigenvalue weighted by Crippen LogP contribution is -2.48. The van der Waals surface area contributed by atoms with Crippen LogP contribution in [-0.2, 0) is 24.9 Å². The summed E-state index contributed by atoms with van der Waals surface area (Å²) in [6.07, 6.45) is 2.34. The van der Waals surface area contributed by atoms with Crippen LogP contribution in [0.1, 0.15) is 71.1 Å². The van der Waals surface area contributed by atoms with Gasteiger partial charge in [-0.2, -0.15) is 0 Å². The summed E-state index contributed by atoms with van der Waals surface area (Å²) in [6, 6.07) is 13.7. The Morgan fingerprint density at radius 1 is 1.17 bits per heavy atom. The molecule has 0 bridgehead atoms. The highest BCUT2D eigenvalue weighted by Crippen LogP contribution is 2.42. The molecule has 2 unspecified atom stereocenters. The SMILES string of the molecule is Cn1c(=O)n(CC(C)(C)C)c2ccc(C3CCC(C)(C)C(NC(=O)OCc4ccccc4)C3)nc21. The van der Waals surface area contributed by atoms with Crippen molar-refractivity contribution >= 4 is 17.3 Å². The fraction of sp³-hybridized carbons (Fsp3) is 0.536. The standard InChI is InChI=1S/C28H38N4O3/c1-27(2,3)18-32-22-13-12-21(29-24(22)31(6)26(32)34)20-14-15-28(4,5)23(16-20)30-25(33)35-17-19-10-8-7-9-11-19/h7-13,20,23H,14-18H2,1-6H3,(H,30,33). The summed E-state index contributed by atoms with van der Waals surface area (Å²) in [7, 11) is 1.79. The average Bonchev–Trinajstić information content (AvgIpc) is 3.03. The number of carbonyl (C=O) groups excluding carboxylic acids is 1. The van der Waals surface area contributed by atoms with E-state index in [0.29, 0.717) is 12.2 Å². The zero-order valence-corrected chi connectivity index (χ0v) is 21.8. The van der Waals surface area contributed by atoms with Crippen molar-refractivity contribution in [3.63, 3.8) is 0 Å². The Hall–Kier alpha value is -3.09. The number of pyridine rings is 1. The summed E-state index contributed by atoms with van der Waals surface area (Å²) in [6.45, 7) is 11.7. The van der Waals surface area contributed by atoms with Crippen molar-refractivity contribution in [2.45, 2.75) is 79.0 Å². The molecule has 0 spiro atoms. The molecule has 0 radical (unpaired) electrons. The third-order valence-electron chi connectivity index (χ3n) is 7.16. The van der Waals surface area contributed by atoms with Gasteiger partial charge in [0.1, 0.15) is 6.61 Å². The van der Waals surface area contributed by atoms with Crippen molar-refractivity contribution in [3.05, 3.63) is 64.2 Å². The molecule has 1 saturated carbocycles. The maximum absolute atomic E-state index is 12.9. The molecular formula is C28H38N4O3. The van der Waals surface area contributed by atoms with Gasteiger partial charge in [-0.25, -0.2) is 14.6 Å². The molecule has 35 heavy (non-hydrogen) atoms. The number of nitrogens with one attached hydrogen (secondary N) is 1. The summed E-state index contributed by atoms with van der Waals surface area (Å²) in [5, 5.41) is 3.12. The Kier molecular flexibility index (Phi) is 6.80. The van der Waals surface area contributed by atoms with Crippen molar-refractivity contribution in [2.24, 2.45) is 17.9 Å². The Labute approximate surface area is 207 Å². The van der Waals surface area contributed by atoms with Crippen LogP contribution in [0.4, 0.5) is 4.79 Å². The third kappa shape index (κ3) is 5.60. The molecule has 1 aromatic carbocycles. The van der Waals surface area contributed by atoms with Gasteiger partial charge in [0, 0.05) is 31.2 Å². The first kappa shape index (κ1) is 25.0. The van der Waals surface area contributed by atoms with E-state index in [1.54, 1.807) is 11.6 Å². The van der Waals surface area contributed by atoms with Gasteiger partial charge in [-0.05, 0) is 47.8 Å². The van der Waals surface area contributed by atoms with Crippen LogP contribution in [0.15, 0.2) is 47.3 Å². The van der Waals surface area contributed by atoms with E-state index in [1.807, 2.05) is 41.0 Å². The average molecular weight is 479 g/mol. The fourth-order valence-electron chi connectivity index (χ4n) is 5.01. The van der Waals surface area contributed by atoms with Gasteiger partial charge in [0.15, 0.2) is 5.65 Å². The molecular weight excluding hydrogens is 440 g/mol. The van der Waals surface area contributed by atoms with Crippen molar-refractivity contribution < 1.29 is 9.53 Å². The molecule has 1 fully saturated rings. The first-order chi connectivity index (χ1) is 16.4. The number of carbonyl (C=O) groups is 1. The first-order valence-corrected chi connectivity index (χ1v) is 12.5. The third-order valence-corrected chi connectivity index (χ3v) is 7.16. The molecule has 3 aromatic rings. The number of ether oxygens (including phenoxy) is 1. The summed E-state index contributed by atoms with van der Waals surface area (Å²) >= 11 is 0. The minimum atomic E-state index is -0.391. The van der Waals surface area contributed by atoms with Gasteiger partial charge in [-0.3, -0.25) is 9.13 Å². The second-order valence-electron chi connectivity index (χ2n) is 11.8. The smallest absolute Gasteiger partial charge is 0.407 e. The van der Waals surface area contributed by atoms with E-state index < -0.39 is 6.09 Å². The van der Waals surface area contributed by atoms with Gasteiger partial charge < -0.3 is 10.1 Å². The number of hydrogen-bond donors (Lipinski definition) is 1. The van der Waals surface area contributed by atoms with Crippen LogP contribution in [0.3, 0.4) is 0 Å². The molecule has 1 N–H and O–H groups in total. The molecule has 2 heterocycles. The maximum Gasteiger partial charge on any atom is 0.407 e. The van der Waals surface area contributed by atoms with Crippen LogP contribution in [0, 0.1) is 10.8 Å². The Morgan fingerprint density at radius 3 is 2.57 bits per heavy atom. The number of imidazole rings is 1. The van der Waals surface area contributed by atoms with E-state index in [9.17, 15) is 9.59 Å². The van der Waals surface area contributed by atoms with Crippen LogP contribution >= 0.6 is 0 Å². The Bertz CT molecular complexity index is 1250. The van der Waals surface area contributed by atoms with Crippen LogP contribution in [0.25, 0.3) is 11.2 Å². The Morgan fingerprint density at radius 2 is 1.89 bits per heavy atom. The summed E-state index contributed by atoms with van der Waals surface area (Å²) < 4.78 is 8.96. The molecule has 0 aliphatic heterocycles. The van der Waals surface area contributed by atoms with Gasteiger partial charge >= 0.3 is 11.8 Å². The number of aromatic nitrogens is 3. The molecule has 1 aliphatic carbocycles. The molecule has 7 heteroatoms. The normalized spacial score (nSPS) is 20.1. The quantitative estimate of drug-likeness (QED) is 0.535. The van der Waals surface area contributed by atoms with Gasteiger partial charge in [0.05, 0.1) is 5.52 Å². The largest absolute Gasteiger partial charge is 0.445 e. The van der Waals surface area contributed by atoms with Crippen molar-refractivity contribution in [3.8, 4) is 0 Å². The predicted molar refractivity (Wildman–Crippen MR) is 138 cm³/mol. The second-order valence-corrected chi connectivity index (χ2v) is 11.8. The zero-order chi connectivity index (χ0) is 25.4. The number of alkyl carbamates (subject to hydrolysis) is 1. The predicted octanol–water partition coefficient (Wildman–Crippen LogP) is 5.37. The van der Waals surface area contributed by atoms with E-state index in [2.05, 4.69) is 46.0 Å². The fourth-order valence-corrected chi connectivity index (χ4v) is 5.01. The number of nitrogens with zero attached hydrogens (tertiary/aromatic N) is 3. The minimum Gasteiger partial charge on any atom is -0.445 e. The van der Waals surface area contributed by atoms with Crippen LogP contribution in [0.5, 0.6) is 0 Å². The number of amides is 1. The maximum atomic E-state index is 12.9. The lowest BCUT2D eigenvalue weighted by Gasteiger charge is -2.42. The van der Waals surface area contributed by atoms with E-state index in [1.165, 1.54) is 0 Å². The number of benzene rings is 1. The molecule has 2 aromatic heterocycles. The van der Waals surface area contributed by atoms with Gasteiger partial charge in [0.2, 0.25) is 0 Å². The molecule has 4 rings (SSSR count). The highest BCUT2D eigenvalue weighted by Gasteiger charge is 2.38.